The van der Waals surface area contributed by atoms with Crippen LogP contribution in [0.5, 0.6) is 0 Å². The van der Waals surface area contributed by atoms with Crippen LogP contribution in [0.3, 0.4) is 0 Å². The topological polar surface area (TPSA) is 80.1 Å². The van der Waals surface area contributed by atoms with Crippen LogP contribution in [0.4, 0.5) is 11.4 Å². The summed E-state index contributed by atoms with van der Waals surface area (Å²) in [6.45, 7) is 3.82. The summed E-state index contributed by atoms with van der Waals surface area (Å²) in [7, 11) is 1.92. The van der Waals surface area contributed by atoms with Crippen molar-refractivity contribution in [1.29, 1.82) is 0 Å². The molecule has 1 unspecified atom stereocenters. The van der Waals surface area contributed by atoms with Crippen LogP contribution in [0.2, 0.25) is 0 Å². The first-order valence-electron chi connectivity index (χ1n) is 6.54. The number of aromatic nitrogens is 1. The lowest BCUT2D eigenvalue weighted by atomic mass is 10.1. The highest BCUT2D eigenvalue weighted by Crippen LogP contribution is 2.29. The van der Waals surface area contributed by atoms with Crippen LogP contribution < -0.4 is 10.6 Å². The van der Waals surface area contributed by atoms with Crippen LogP contribution in [0.15, 0.2) is 30.5 Å². The second-order valence-corrected chi connectivity index (χ2v) is 4.83. The van der Waals surface area contributed by atoms with Gasteiger partial charge in [0.1, 0.15) is 5.52 Å². The zero-order valence-corrected chi connectivity index (χ0v) is 11.6. The molecule has 2 N–H and O–H groups in total. The third-order valence-electron chi connectivity index (χ3n) is 3.14. The van der Waals surface area contributed by atoms with E-state index in [1.807, 2.05) is 7.05 Å². The molecule has 1 aromatic heterocycles. The summed E-state index contributed by atoms with van der Waals surface area (Å²) >= 11 is 0. The lowest BCUT2D eigenvalue weighted by molar-refractivity contribution is -0.383. The van der Waals surface area contributed by atoms with Crippen LogP contribution in [0, 0.1) is 16.0 Å². The number of hydrogen-bond donors (Lipinski definition) is 2. The van der Waals surface area contributed by atoms with Gasteiger partial charge in [-0.3, -0.25) is 15.1 Å². The van der Waals surface area contributed by atoms with Gasteiger partial charge < -0.3 is 10.6 Å². The maximum absolute atomic E-state index is 11.0. The van der Waals surface area contributed by atoms with Gasteiger partial charge in [-0.15, -0.1) is 0 Å². The van der Waals surface area contributed by atoms with Crippen molar-refractivity contribution < 1.29 is 4.92 Å². The molecule has 0 amide bonds. The van der Waals surface area contributed by atoms with E-state index in [-0.39, 0.29) is 10.6 Å². The van der Waals surface area contributed by atoms with E-state index >= 15 is 0 Å². The number of rotatable bonds is 6. The van der Waals surface area contributed by atoms with Crippen molar-refractivity contribution in [3.8, 4) is 0 Å². The molecule has 6 nitrogen and oxygen atoms in total. The first-order valence-corrected chi connectivity index (χ1v) is 6.54. The minimum Gasteiger partial charge on any atom is -0.383 e. The van der Waals surface area contributed by atoms with E-state index in [1.54, 1.807) is 24.4 Å². The first-order chi connectivity index (χ1) is 9.63. The summed E-state index contributed by atoms with van der Waals surface area (Å²) in [5.74, 6) is 0.453. The predicted octanol–water partition coefficient (Wildman–Crippen LogP) is 2.41. The van der Waals surface area contributed by atoms with E-state index < -0.39 is 0 Å². The third-order valence-corrected chi connectivity index (χ3v) is 3.14. The molecule has 0 saturated carbocycles. The Morgan fingerprint density at radius 1 is 1.35 bits per heavy atom. The molecule has 0 spiro atoms. The van der Waals surface area contributed by atoms with Gasteiger partial charge in [0.15, 0.2) is 0 Å². The Morgan fingerprint density at radius 2 is 2.15 bits per heavy atom. The van der Waals surface area contributed by atoms with E-state index in [4.69, 9.17) is 0 Å². The minimum absolute atomic E-state index is 0.0851. The van der Waals surface area contributed by atoms with E-state index in [9.17, 15) is 10.1 Å². The maximum atomic E-state index is 11.0. The van der Waals surface area contributed by atoms with Gasteiger partial charge in [0.2, 0.25) is 0 Å². The summed E-state index contributed by atoms with van der Waals surface area (Å²) in [5, 5.41) is 18.0. The largest absolute Gasteiger partial charge is 0.383 e. The number of nitro groups is 1. The van der Waals surface area contributed by atoms with Gasteiger partial charge in [0.05, 0.1) is 16.0 Å². The van der Waals surface area contributed by atoms with Crippen molar-refractivity contribution in [1.82, 2.24) is 10.3 Å². The van der Waals surface area contributed by atoms with Gasteiger partial charge in [-0.1, -0.05) is 6.92 Å². The molecular weight excluding hydrogens is 256 g/mol. The molecule has 0 saturated heterocycles. The van der Waals surface area contributed by atoms with Crippen molar-refractivity contribution in [3.05, 3.63) is 40.6 Å². The molecule has 0 aliphatic carbocycles. The van der Waals surface area contributed by atoms with Crippen molar-refractivity contribution in [2.45, 2.75) is 6.92 Å². The zero-order valence-electron chi connectivity index (χ0n) is 11.6. The van der Waals surface area contributed by atoms with Crippen molar-refractivity contribution in [2.75, 3.05) is 25.5 Å². The predicted molar refractivity (Wildman–Crippen MR) is 80.0 cm³/mol. The van der Waals surface area contributed by atoms with E-state index in [2.05, 4.69) is 22.5 Å². The minimum atomic E-state index is -0.378. The molecule has 0 radical (unpaired) electrons. The Hall–Kier alpha value is -2.21. The Kier molecular flexibility index (Phi) is 4.47. The van der Waals surface area contributed by atoms with Gasteiger partial charge in [0.25, 0.3) is 5.69 Å². The number of nitrogens with zero attached hydrogens (tertiary/aromatic N) is 2. The van der Waals surface area contributed by atoms with Crippen LogP contribution >= 0.6 is 0 Å². The molecule has 2 rings (SSSR count). The molecule has 0 aliphatic rings. The van der Waals surface area contributed by atoms with Crippen LogP contribution in [0.1, 0.15) is 6.92 Å². The quantitative estimate of drug-likeness (QED) is 0.624. The lowest BCUT2D eigenvalue weighted by Crippen LogP contribution is -2.22. The summed E-state index contributed by atoms with van der Waals surface area (Å²) < 4.78 is 0. The van der Waals surface area contributed by atoms with E-state index in [0.29, 0.717) is 16.8 Å². The Labute approximate surface area is 117 Å². The molecule has 1 heterocycles. The summed E-state index contributed by atoms with van der Waals surface area (Å²) in [4.78, 5) is 14.9. The van der Waals surface area contributed by atoms with Crippen LogP contribution in [-0.2, 0) is 0 Å². The van der Waals surface area contributed by atoms with Crippen molar-refractivity contribution >= 4 is 22.3 Å². The Morgan fingerprint density at radius 3 is 2.85 bits per heavy atom. The highest BCUT2D eigenvalue weighted by atomic mass is 16.6. The first kappa shape index (κ1) is 14.2. The average Bonchev–Trinajstić information content (AvgIpc) is 2.44. The molecule has 0 bridgehead atoms. The average molecular weight is 274 g/mol. The monoisotopic (exact) mass is 274 g/mol. The number of fused-ring (bicyclic) bond motifs is 1. The van der Waals surface area contributed by atoms with Crippen LogP contribution in [0.25, 0.3) is 10.9 Å². The third kappa shape index (κ3) is 3.03. The molecule has 20 heavy (non-hydrogen) atoms. The number of benzene rings is 1. The molecule has 6 heteroatoms. The normalized spacial score (nSPS) is 12.3. The molecule has 0 fully saturated rings. The summed E-state index contributed by atoms with van der Waals surface area (Å²) in [5.41, 5.74) is 1.55. The number of nitro benzene ring substituents is 1. The van der Waals surface area contributed by atoms with Crippen LogP contribution in [-0.4, -0.2) is 30.0 Å². The standard InChI is InChI=1S/C14H18N4O2/c1-10(8-15-2)9-17-12-5-6-13(18(19)20)11-4-3-7-16-14(11)12/h3-7,10,15,17H,8-9H2,1-2H3. The fraction of sp³-hybridized carbons (Fsp3) is 0.357. The second-order valence-electron chi connectivity index (χ2n) is 4.83. The van der Waals surface area contributed by atoms with Crippen molar-refractivity contribution in [2.24, 2.45) is 5.92 Å². The van der Waals surface area contributed by atoms with Gasteiger partial charge >= 0.3 is 0 Å². The fourth-order valence-electron chi connectivity index (χ4n) is 2.16. The van der Waals surface area contributed by atoms with Gasteiger partial charge in [-0.05, 0) is 37.7 Å². The SMILES string of the molecule is CNCC(C)CNc1ccc([N+](=O)[O-])c2cccnc12. The number of non-ortho nitro benzene ring substituents is 1. The molecule has 1 atom stereocenters. The molecule has 0 aliphatic heterocycles. The summed E-state index contributed by atoms with van der Waals surface area (Å²) in [6, 6.07) is 6.68. The smallest absolute Gasteiger partial charge is 0.278 e. The van der Waals surface area contributed by atoms with E-state index in [0.717, 1.165) is 18.8 Å². The van der Waals surface area contributed by atoms with Gasteiger partial charge in [-0.25, -0.2) is 0 Å². The molecule has 106 valence electrons. The van der Waals surface area contributed by atoms with E-state index in [1.165, 1.54) is 6.07 Å². The number of anilines is 1. The fourth-order valence-corrected chi connectivity index (χ4v) is 2.16. The Balaban J connectivity index is 2.31. The lowest BCUT2D eigenvalue weighted by Gasteiger charge is -2.14. The van der Waals surface area contributed by atoms with Gasteiger partial charge in [-0.2, -0.15) is 0 Å². The highest BCUT2D eigenvalue weighted by Gasteiger charge is 2.14. The molecular formula is C14H18N4O2. The maximum Gasteiger partial charge on any atom is 0.278 e. The zero-order chi connectivity index (χ0) is 14.5. The molecule has 1 aromatic carbocycles. The number of hydrogen-bond acceptors (Lipinski definition) is 5. The van der Waals surface area contributed by atoms with Gasteiger partial charge in [0, 0.05) is 18.8 Å². The number of nitrogens with one attached hydrogen (secondary N) is 2. The number of pyridine rings is 1. The second kappa shape index (κ2) is 6.29. The van der Waals surface area contributed by atoms with Crippen molar-refractivity contribution in [3.63, 3.8) is 0 Å². The summed E-state index contributed by atoms with van der Waals surface area (Å²) in [6.07, 6.45) is 1.65. The molecule has 2 aromatic rings. The Bertz CT molecular complexity index is 615. The highest BCUT2D eigenvalue weighted by molar-refractivity contribution is 5.96.